The lowest BCUT2D eigenvalue weighted by Crippen LogP contribution is -2.38. The van der Waals surface area contributed by atoms with Crippen LogP contribution in [0.1, 0.15) is 23.3 Å². The third-order valence-electron chi connectivity index (χ3n) is 4.32. The fourth-order valence-corrected chi connectivity index (χ4v) is 3.26. The van der Waals surface area contributed by atoms with E-state index in [0.717, 1.165) is 0 Å². The van der Waals surface area contributed by atoms with Gasteiger partial charge in [-0.05, 0) is 24.7 Å². The second-order valence-corrected chi connectivity index (χ2v) is 5.76. The van der Waals surface area contributed by atoms with Crippen LogP contribution in [0.25, 0.3) is 0 Å². The molecule has 6 heteroatoms. The zero-order valence-corrected chi connectivity index (χ0v) is 10.9. The molecule has 1 aromatic rings. The molecule has 104 valence electrons. The minimum atomic E-state index is -0.647. The number of hydrogen-bond donors (Lipinski definition) is 2. The predicted molar refractivity (Wildman–Crippen MR) is 67.3 cm³/mol. The molecule has 19 heavy (non-hydrogen) atoms. The molecule has 4 atom stereocenters. The van der Waals surface area contributed by atoms with Gasteiger partial charge in [0.2, 0.25) is 0 Å². The number of carbonyl (C=O) groups is 1. The van der Waals surface area contributed by atoms with Gasteiger partial charge in [-0.15, -0.1) is 0 Å². The Bertz CT molecular complexity index is 469. The van der Waals surface area contributed by atoms with Crippen molar-refractivity contribution >= 4 is 5.91 Å². The number of aliphatic hydroxyl groups excluding tert-OH is 2. The molecule has 0 aromatic carbocycles. The zero-order chi connectivity index (χ0) is 13.6. The van der Waals surface area contributed by atoms with Gasteiger partial charge in [0.25, 0.3) is 5.91 Å². The summed E-state index contributed by atoms with van der Waals surface area (Å²) in [5.74, 6) is 0.538. The Morgan fingerprint density at radius 2 is 1.84 bits per heavy atom. The molecular weight excluding hydrogens is 246 g/mol. The minimum Gasteiger partial charge on any atom is -0.390 e. The largest absolute Gasteiger partial charge is 0.390 e. The lowest BCUT2D eigenvalue weighted by atomic mass is 9.79. The fourth-order valence-electron chi connectivity index (χ4n) is 3.26. The molecule has 0 spiro atoms. The number of likely N-dealkylation sites (tertiary alicyclic amines) is 1. The Morgan fingerprint density at radius 1 is 1.26 bits per heavy atom. The molecule has 1 aliphatic carbocycles. The summed E-state index contributed by atoms with van der Waals surface area (Å²) in [6.45, 7) is 1.31. The van der Waals surface area contributed by atoms with E-state index < -0.39 is 12.2 Å². The summed E-state index contributed by atoms with van der Waals surface area (Å²) in [6, 6.07) is 0. The van der Waals surface area contributed by atoms with Crippen LogP contribution in [0.15, 0.2) is 12.5 Å². The molecule has 2 heterocycles. The van der Waals surface area contributed by atoms with E-state index in [4.69, 9.17) is 0 Å². The summed E-state index contributed by atoms with van der Waals surface area (Å²) in [5, 5.41) is 19.4. The standard InChI is InChI=1S/C13H19N3O3/c1-15-6-10(14-7-15)13(19)16-4-8-2-11(17)12(18)3-9(8)5-16/h6-9,11-12,17-18H,2-5H2,1H3/t8-,9+,11-,12-/m0/s1. The summed E-state index contributed by atoms with van der Waals surface area (Å²) in [4.78, 5) is 18.2. The van der Waals surface area contributed by atoms with E-state index in [9.17, 15) is 15.0 Å². The normalized spacial score (nSPS) is 34.4. The number of hydrogen-bond acceptors (Lipinski definition) is 4. The summed E-state index contributed by atoms with van der Waals surface area (Å²) in [6.07, 6.45) is 3.20. The summed E-state index contributed by atoms with van der Waals surface area (Å²) >= 11 is 0. The molecule has 1 aliphatic heterocycles. The fraction of sp³-hybridized carbons (Fsp3) is 0.692. The summed E-state index contributed by atoms with van der Waals surface area (Å²) < 4.78 is 1.75. The van der Waals surface area contributed by atoms with Crippen molar-refractivity contribution < 1.29 is 15.0 Å². The molecule has 6 nitrogen and oxygen atoms in total. The molecule has 2 fully saturated rings. The van der Waals surface area contributed by atoms with Crippen LogP contribution in [0.3, 0.4) is 0 Å². The van der Waals surface area contributed by atoms with E-state index in [1.807, 2.05) is 7.05 Å². The number of rotatable bonds is 1. The molecular formula is C13H19N3O3. The molecule has 1 aromatic heterocycles. The molecule has 1 saturated carbocycles. The maximum absolute atomic E-state index is 12.3. The van der Waals surface area contributed by atoms with E-state index in [1.165, 1.54) is 0 Å². The molecule has 2 aliphatic rings. The van der Waals surface area contributed by atoms with Crippen LogP contribution in [0.4, 0.5) is 0 Å². The number of imidazole rings is 1. The second kappa shape index (κ2) is 4.61. The molecule has 0 bridgehead atoms. The number of aromatic nitrogens is 2. The van der Waals surface area contributed by atoms with Gasteiger partial charge < -0.3 is 19.7 Å². The lowest BCUT2D eigenvalue weighted by molar-refractivity contribution is -0.0372. The highest BCUT2D eigenvalue weighted by Crippen LogP contribution is 2.36. The number of amides is 1. The molecule has 0 unspecified atom stereocenters. The van der Waals surface area contributed by atoms with E-state index in [1.54, 1.807) is 22.0 Å². The van der Waals surface area contributed by atoms with Gasteiger partial charge in [-0.25, -0.2) is 4.98 Å². The predicted octanol–water partition coefficient (Wildman–Crippen LogP) is -0.376. The van der Waals surface area contributed by atoms with E-state index >= 15 is 0 Å². The number of fused-ring (bicyclic) bond motifs is 1. The SMILES string of the molecule is Cn1cnc(C(=O)N2C[C@H]3C[C@H](O)[C@@H](O)C[C@H]3C2)c1. The van der Waals surface area contributed by atoms with Crippen LogP contribution in [0.5, 0.6) is 0 Å². The Balaban J connectivity index is 1.70. The molecule has 3 rings (SSSR count). The first-order chi connectivity index (χ1) is 9.04. The van der Waals surface area contributed by atoms with Crippen LogP contribution in [0.2, 0.25) is 0 Å². The number of carbonyl (C=O) groups excluding carboxylic acids is 1. The van der Waals surface area contributed by atoms with E-state index in [0.29, 0.717) is 43.5 Å². The third-order valence-corrected chi connectivity index (χ3v) is 4.32. The van der Waals surface area contributed by atoms with Crippen LogP contribution in [-0.4, -0.2) is 55.9 Å². The molecule has 2 N–H and O–H groups in total. The van der Waals surface area contributed by atoms with Crippen molar-refractivity contribution in [3.8, 4) is 0 Å². The smallest absolute Gasteiger partial charge is 0.274 e. The number of nitrogens with zero attached hydrogens (tertiary/aromatic N) is 3. The molecule has 0 radical (unpaired) electrons. The van der Waals surface area contributed by atoms with Gasteiger partial charge in [0, 0.05) is 26.3 Å². The van der Waals surface area contributed by atoms with Gasteiger partial charge in [0.05, 0.1) is 18.5 Å². The van der Waals surface area contributed by atoms with Crippen molar-refractivity contribution in [3.63, 3.8) is 0 Å². The van der Waals surface area contributed by atoms with Crippen molar-refractivity contribution in [1.82, 2.24) is 14.5 Å². The van der Waals surface area contributed by atoms with Crippen molar-refractivity contribution in [1.29, 1.82) is 0 Å². The van der Waals surface area contributed by atoms with E-state index in [2.05, 4.69) is 4.98 Å². The first-order valence-electron chi connectivity index (χ1n) is 6.68. The second-order valence-electron chi connectivity index (χ2n) is 5.76. The number of aliphatic hydroxyl groups is 2. The van der Waals surface area contributed by atoms with Crippen LogP contribution < -0.4 is 0 Å². The van der Waals surface area contributed by atoms with Crippen LogP contribution in [-0.2, 0) is 7.05 Å². The van der Waals surface area contributed by atoms with Gasteiger partial charge >= 0.3 is 0 Å². The van der Waals surface area contributed by atoms with Crippen molar-refractivity contribution in [2.75, 3.05) is 13.1 Å². The van der Waals surface area contributed by atoms with Gasteiger partial charge in [0.1, 0.15) is 5.69 Å². The summed E-state index contributed by atoms with van der Waals surface area (Å²) in [7, 11) is 1.83. The molecule has 1 saturated heterocycles. The van der Waals surface area contributed by atoms with Crippen LogP contribution in [0, 0.1) is 11.8 Å². The molecule has 1 amide bonds. The zero-order valence-electron chi connectivity index (χ0n) is 10.9. The highest BCUT2D eigenvalue weighted by atomic mass is 16.3. The van der Waals surface area contributed by atoms with Crippen molar-refractivity contribution in [2.45, 2.75) is 25.0 Å². The monoisotopic (exact) mass is 265 g/mol. The van der Waals surface area contributed by atoms with Gasteiger partial charge in [0.15, 0.2) is 0 Å². The Kier molecular flexibility index (Phi) is 3.06. The maximum atomic E-state index is 12.3. The average molecular weight is 265 g/mol. The minimum absolute atomic E-state index is 0.0565. The lowest BCUT2D eigenvalue weighted by Gasteiger charge is -2.31. The average Bonchev–Trinajstić information content (AvgIpc) is 2.95. The Labute approximate surface area is 111 Å². The Morgan fingerprint density at radius 3 is 2.32 bits per heavy atom. The third kappa shape index (κ3) is 2.26. The highest BCUT2D eigenvalue weighted by molar-refractivity contribution is 5.92. The van der Waals surface area contributed by atoms with Gasteiger partial charge in [-0.3, -0.25) is 4.79 Å². The first kappa shape index (κ1) is 12.6. The van der Waals surface area contributed by atoms with Crippen molar-refractivity contribution in [2.24, 2.45) is 18.9 Å². The number of aryl methyl sites for hydroxylation is 1. The van der Waals surface area contributed by atoms with Gasteiger partial charge in [-0.1, -0.05) is 0 Å². The van der Waals surface area contributed by atoms with Crippen molar-refractivity contribution in [3.05, 3.63) is 18.2 Å². The maximum Gasteiger partial charge on any atom is 0.274 e. The van der Waals surface area contributed by atoms with Gasteiger partial charge in [-0.2, -0.15) is 0 Å². The highest BCUT2D eigenvalue weighted by Gasteiger charge is 2.42. The first-order valence-corrected chi connectivity index (χ1v) is 6.68. The van der Waals surface area contributed by atoms with E-state index in [-0.39, 0.29) is 5.91 Å². The topological polar surface area (TPSA) is 78.6 Å². The van der Waals surface area contributed by atoms with Crippen LogP contribution >= 0.6 is 0 Å². The summed E-state index contributed by atoms with van der Waals surface area (Å²) in [5.41, 5.74) is 0.460. The Hall–Kier alpha value is -1.40. The quantitative estimate of drug-likeness (QED) is 0.726.